The summed E-state index contributed by atoms with van der Waals surface area (Å²) < 4.78 is 0. The van der Waals surface area contributed by atoms with E-state index >= 15 is 0 Å². The van der Waals surface area contributed by atoms with Crippen LogP contribution in [0, 0.1) is 15.5 Å². The van der Waals surface area contributed by atoms with Gasteiger partial charge in [0.2, 0.25) is 5.82 Å². The molecule has 0 radical (unpaired) electrons. The topological polar surface area (TPSA) is 105 Å². The van der Waals surface area contributed by atoms with Crippen LogP contribution in [0.2, 0.25) is 0 Å². The number of aromatic carboxylic acids is 1. The van der Waals surface area contributed by atoms with Gasteiger partial charge < -0.3 is 10.4 Å². The highest BCUT2D eigenvalue weighted by atomic mass is 16.6. The van der Waals surface area contributed by atoms with Crippen LogP contribution in [-0.2, 0) is 0 Å². The van der Waals surface area contributed by atoms with Crippen molar-refractivity contribution in [3.8, 4) is 0 Å². The molecule has 1 aliphatic rings. The first-order valence-electron chi connectivity index (χ1n) is 7.04. The van der Waals surface area contributed by atoms with Gasteiger partial charge in [-0.25, -0.2) is 9.78 Å². The Kier molecular flexibility index (Phi) is 4.40. The normalized spacial score (nSPS) is 17.2. The summed E-state index contributed by atoms with van der Waals surface area (Å²) >= 11 is 0. The first kappa shape index (κ1) is 15.2. The Labute approximate surface area is 122 Å². The summed E-state index contributed by atoms with van der Waals surface area (Å²) in [5.74, 6) is -1.16. The van der Waals surface area contributed by atoms with Crippen LogP contribution >= 0.6 is 0 Å². The minimum Gasteiger partial charge on any atom is -0.477 e. The molecule has 0 atom stereocenters. The molecule has 1 aromatic heterocycles. The van der Waals surface area contributed by atoms with Crippen LogP contribution in [0.25, 0.3) is 0 Å². The molecular formula is C14H19N3O4. The molecule has 1 fully saturated rings. The number of hydrogen-bond acceptors (Lipinski definition) is 5. The third-order valence-corrected chi connectivity index (χ3v) is 4.03. The fraction of sp³-hybridized carbons (Fsp3) is 0.571. The zero-order chi connectivity index (χ0) is 15.5. The molecule has 2 rings (SSSR count). The number of pyridine rings is 1. The summed E-state index contributed by atoms with van der Waals surface area (Å²) in [4.78, 5) is 25.3. The van der Waals surface area contributed by atoms with Gasteiger partial charge in [0.05, 0.1) is 4.92 Å². The first-order chi connectivity index (χ1) is 9.91. The molecule has 114 valence electrons. The van der Waals surface area contributed by atoms with Crippen LogP contribution in [0.3, 0.4) is 0 Å². The highest BCUT2D eigenvalue weighted by Gasteiger charge is 2.28. The van der Waals surface area contributed by atoms with Crippen LogP contribution in [-0.4, -0.2) is 27.5 Å². The number of aromatic nitrogens is 1. The fourth-order valence-corrected chi connectivity index (χ4v) is 2.73. The van der Waals surface area contributed by atoms with Gasteiger partial charge in [-0.1, -0.05) is 26.2 Å². The number of nitrogens with one attached hydrogen (secondary N) is 1. The Morgan fingerprint density at radius 3 is 2.67 bits per heavy atom. The minimum atomic E-state index is -1.20. The van der Waals surface area contributed by atoms with E-state index in [1.165, 1.54) is 12.5 Å². The van der Waals surface area contributed by atoms with E-state index in [1.807, 2.05) is 0 Å². The number of rotatable bonds is 5. The maximum absolute atomic E-state index is 11.0. The van der Waals surface area contributed by atoms with Gasteiger partial charge in [-0.3, -0.25) is 10.1 Å². The molecule has 0 aliphatic heterocycles. The van der Waals surface area contributed by atoms with Crippen molar-refractivity contribution in [2.45, 2.75) is 39.0 Å². The first-order valence-corrected chi connectivity index (χ1v) is 7.04. The van der Waals surface area contributed by atoms with Crippen molar-refractivity contribution in [2.75, 3.05) is 11.9 Å². The van der Waals surface area contributed by atoms with Gasteiger partial charge in [0.15, 0.2) is 5.69 Å². The van der Waals surface area contributed by atoms with Crippen molar-refractivity contribution in [1.29, 1.82) is 0 Å². The van der Waals surface area contributed by atoms with E-state index in [4.69, 9.17) is 5.11 Å². The van der Waals surface area contributed by atoms with Crippen molar-refractivity contribution < 1.29 is 14.8 Å². The van der Waals surface area contributed by atoms with Crippen LogP contribution in [0.15, 0.2) is 12.1 Å². The average Bonchev–Trinajstić information content (AvgIpc) is 2.45. The second-order valence-corrected chi connectivity index (χ2v) is 5.85. The summed E-state index contributed by atoms with van der Waals surface area (Å²) in [6, 6.07) is 2.33. The zero-order valence-corrected chi connectivity index (χ0v) is 12.0. The summed E-state index contributed by atoms with van der Waals surface area (Å²) in [7, 11) is 0. The molecule has 0 bridgehead atoms. The number of carbonyl (C=O) groups is 1. The summed E-state index contributed by atoms with van der Waals surface area (Å²) in [5.41, 5.74) is -0.316. The largest absolute Gasteiger partial charge is 0.477 e. The van der Waals surface area contributed by atoms with Crippen LogP contribution in [0.1, 0.15) is 49.5 Å². The molecular weight excluding hydrogens is 274 g/mol. The third-order valence-electron chi connectivity index (χ3n) is 4.03. The Morgan fingerprint density at radius 1 is 1.43 bits per heavy atom. The molecule has 0 amide bonds. The van der Waals surface area contributed by atoms with E-state index in [0.29, 0.717) is 6.54 Å². The van der Waals surface area contributed by atoms with Gasteiger partial charge in [0, 0.05) is 12.6 Å². The lowest BCUT2D eigenvalue weighted by Crippen LogP contribution is -2.29. The minimum absolute atomic E-state index is 0.0340. The summed E-state index contributed by atoms with van der Waals surface area (Å²) in [6.07, 6.45) is 5.66. The van der Waals surface area contributed by atoms with E-state index in [0.717, 1.165) is 31.7 Å². The van der Waals surface area contributed by atoms with Crippen molar-refractivity contribution in [1.82, 2.24) is 4.98 Å². The van der Waals surface area contributed by atoms with E-state index in [2.05, 4.69) is 17.2 Å². The summed E-state index contributed by atoms with van der Waals surface area (Å²) in [6.45, 7) is 2.70. The SMILES string of the molecule is CC1(CNc2nc(C(=O)O)ccc2[N+](=O)[O-])CCCCC1. The number of nitro groups is 1. The van der Waals surface area contributed by atoms with Crippen LogP contribution < -0.4 is 5.32 Å². The van der Waals surface area contributed by atoms with Crippen molar-refractivity contribution in [2.24, 2.45) is 5.41 Å². The Bertz CT molecular complexity index is 553. The summed E-state index contributed by atoms with van der Waals surface area (Å²) in [5, 5.41) is 22.9. The molecule has 7 nitrogen and oxygen atoms in total. The highest BCUT2D eigenvalue weighted by Crippen LogP contribution is 2.36. The van der Waals surface area contributed by atoms with Gasteiger partial charge in [-0.2, -0.15) is 0 Å². The molecule has 7 heteroatoms. The average molecular weight is 293 g/mol. The predicted octanol–water partition coefficient (Wildman–Crippen LogP) is 3.07. The second-order valence-electron chi connectivity index (χ2n) is 5.85. The molecule has 0 spiro atoms. The van der Waals surface area contributed by atoms with E-state index in [9.17, 15) is 14.9 Å². The van der Waals surface area contributed by atoms with E-state index < -0.39 is 10.9 Å². The lowest BCUT2D eigenvalue weighted by molar-refractivity contribution is -0.384. The standard InChI is InChI=1S/C14H19N3O4/c1-14(7-3-2-4-8-14)9-15-12-11(17(20)21)6-5-10(16-12)13(18)19/h5-6H,2-4,7-9H2,1H3,(H,15,16)(H,18,19). The maximum atomic E-state index is 11.0. The van der Waals surface area contributed by atoms with Crippen molar-refractivity contribution >= 4 is 17.5 Å². The monoisotopic (exact) mass is 293 g/mol. The Hall–Kier alpha value is -2.18. The lowest BCUT2D eigenvalue weighted by Gasteiger charge is -2.33. The zero-order valence-electron chi connectivity index (χ0n) is 12.0. The molecule has 1 aliphatic carbocycles. The van der Waals surface area contributed by atoms with Crippen LogP contribution in [0.4, 0.5) is 11.5 Å². The Balaban J connectivity index is 2.18. The highest BCUT2D eigenvalue weighted by molar-refractivity contribution is 5.86. The van der Waals surface area contributed by atoms with E-state index in [1.54, 1.807) is 0 Å². The van der Waals surface area contributed by atoms with Gasteiger partial charge >= 0.3 is 11.7 Å². The van der Waals surface area contributed by atoms with Crippen molar-refractivity contribution in [3.63, 3.8) is 0 Å². The molecule has 1 heterocycles. The molecule has 1 aromatic rings. The number of nitrogens with zero attached hydrogens (tertiary/aromatic N) is 2. The quantitative estimate of drug-likeness (QED) is 0.638. The molecule has 0 aromatic carbocycles. The van der Waals surface area contributed by atoms with Crippen molar-refractivity contribution in [3.05, 3.63) is 27.9 Å². The van der Waals surface area contributed by atoms with Gasteiger partial charge in [-0.05, 0) is 24.3 Å². The number of hydrogen-bond donors (Lipinski definition) is 2. The number of anilines is 1. The third kappa shape index (κ3) is 3.68. The number of carboxylic acids is 1. The smallest absolute Gasteiger partial charge is 0.354 e. The van der Waals surface area contributed by atoms with Gasteiger partial charge in [0.25, 0.3) is 0 Å². The number of carboxylic acid groups (broad SMARTS) is 1. The van der Waals surface area contributed by atoms with Gasteiger partial charge in [-0.15, -0.1) is 0 Å². The Morgan fingerprint density at radius 2 is 2.10 bits per heavy atom. The lowest BCUT2D eigenvalue weighted by atomic mass is 9.76. The van der Waals surface area contributed by atoms with Gasteiger partial charge in [0.1, 0.15) is 0 Å². The molecule has 2 N–H and O–H groups in total. The van der Waals surface area contributed by atoms with E-state index in [-0.39, 0.29) is 22.6 Å². The predicted molar refractivity (Wildman–Crippen MR) is 77.5 cm³/mol. The maximum Gasteiger partial charge on any atom is 0.354 e. The fourth-order valence-electron chi connectivity index (χ4n) is 2.73. The molecule has 1 saturated carbocycles. The molecule has 21 heavy (non-hydrogen) atoms. The molecule has 0 saturated heterocycles. The van der Waals surface area contributed by atoms with Crippen LogP contribution in [0.5, 0.6) is 0 Å². The molecule has 0 unspecified atom stereocenters. The second kappa shape index (κ2) is 6.07.